The van der Waals surface area contributed by atoms with Gasteiger partial charge in [0.05, 0.1) is 0 Å². The maximum absolute atomic E-state index is 12.5. The molecule has 1 saturated heterocycles. The lowest BCUT2D eigenvalue weighted by molar-refractivity contribution is -0.132. The van der Waals surface area contributed by atoms with Crippen molar-refractivity contribution >= 4 is 17.6 Å². The van der Waals surface area contributed by atoms with Gasteiger partial charge in [-0.3, -0.25) is 9.59 Å². The van der Waals surface area contributed by atoms with Crippen LogP contribution in [0.15, 0.2) is 24.3 Å². The van der Waals surface area contributed by atoms with E-state index in [1.165, 1.54) is 0 Å². The molecule has 2 amide bonds. The van der Waals surface area contributed by atoms with Crippen LogP contribution in [0.5, 0.6) is 0 Å². The van der Waals surface area contributed by atoms with Gasteiger partial charge in [0.25, 0.3) is 5.91 Å². The largest absolute Gasteiger partial charge is 0.339 e. The first-order chi connectivity index (χ1) is 11.0. The third-order valence-corrected chi connectivity index (χ3v) is 4.19. The molecular weight excluding hydrogens is 292 g/mol. The van der Waals surface area contributed by atoms with E-state index in [1.807, 2.05) is 36.1 Å². The quantitative estimate of drug-likeness (QED) is 0.834. The number of hydrogen-bond acceptors (Lipinski definition) is 3. The fraction of sp³-hybridized carbons (Fsp3) is 0.500. The lowest BCUT2D eigenvalue weighted by atomic mass is 10.1. The highest BCUT2D eigenvalue weighted by molar-refractivity contribution is 5.94. The molecular formula is C18H24N2O3. The van der Waals surface area contributed by atoms with Crippen LogP contribution in [0.1, 0.15) is 42.6 Å². The molecule has 1 aliphatic heterocycles. The lowest BCUT2D eigenvalue weighted by Gasteiger charge is -2.34. The third kappa shape index (κ3) is 4.65. The van der Waals surface area contributed by atoms with Crippen LogP contribution in [0.4, 0.5) is 0 Å². The Morgan fingerprint density at radius 2 is 1.52 bits per heavy atom. The standard InChI is InChI=1S/C18H24N2O3/c1-3-17(22)19-10-12-20(13-11-19)18(23)16-8-6-15(7-9-16)5-4-14(2)21/h6-9H,3-5,10-13H2,1-2H3. The molecule has 1 aromatic carbocycles. The number of hydrogen-bond donors (Lipinski definition) is 0. The second-order valence-electron chi connectivity index (χ2n) is 5.93. The topological polar surface area (TPSA) is 57.7 Å². The maximum Gasteiger partial charge on any atom is 0.253 e. The normalized spacial score (nSPS) is 14.7. The molecule has 23 heavy (non-hydrogen) atoms. The SMILES string of the molecule is CCC(=O)N1CCN(C(=O)c2ccc(CCC(C)=O)cc2)CC1. The molecule has 1 aromatic rings. The minimum atomic E-state index is 0.00622. The number of aryl methyl sites for hydroxylation is 1. The molecule has 0 aromatic heterocycles. The molecule has 0 aliphatic carbocycles. The molecule has 1 fully saturated rings. The molecule has 5 nitrogen and oxygen atoms in total. The molecule has 0 atom stereocenters. The zero-order valence-corrected chi connectivity index (χ0v) is 13.9. The molecule has 5 heteroatoms. The Morgan fingerprint density at radius 1 is 0.957 bits per heavy atom. The number of Topliss-reactive ketones (excluding diaryl/α,β-unsaturated/α-hetero) is 1. The Labute approximate surface area is 137 Å². The van der Waals surface area contributed by atoms with Gasteiger partial charge in [0.1, 0.15) is 5.78 Å². The van der Waals surface area contributed by atoms with Crippen molar-refractivity contribution in [2.24, 2.45) is 0 Å². The highest BCUT2D eigenvalue weighted by Gasteiger charge is 2.23. The molecule has 0 unspecified atom stereocenters. The van der Waals surface area contributed by atoms with Crippen LogP contribution in [-0.4, -0.2) is 53.6 Å². The van der Waals surface area contributed by atoms with E-state index in [0.29, 0.717) is 51.0 Å². The van der Waals surface area contributed by atoms with Crippen molar-refractivity contribution in [2.45, 2.75) is 33.1 Å². The van der Waals surface area contributed by atoms with E-state index in [-0.39, 0.29) is 17.6 Å². The van der Waals surface area contributed by atoms with Crippen LogP contribution < -0.4 is 0 Å². The van der Waals surface area contributed by atoms with Crippen LogP contribution in [0.2, 0.25) is 0 Å². The summed E-state index contributed by atoms with van der Waals surface area (Å²) in [5.74, 6) is 0.322. The summed E-state index contributed by atoms with van der Waals surface area (Å²) in [6.45, 7) is 5.81. The number of carbonyl (C=O) groups excluding carboxylic acids is 3. The van der Waals surface area contributed by atoms with Crippen molar-refractivity contribution in [3.63, 3.8) is 0 Å². The number of nitrogens with zero attached hydrogens (tertiary/aromatic N) is 2. The summed E-state index contributed by atoms with van der Waals surface area (Å²) >= 11 is 0. The number of carbonyl (C=O) groups is 3. The van der Waals surface area contributed by atoms with Gasteiger partial charge in [-0.25, -0.2) is 0 Å². The maximum atomic E-state index is 12.5. The van der Waals surface area contributed by atoms with Crippen LogP contribution in [0.25, 0.3) is 0 Å². The van der Waals surface area contributed by atoms with Gasteiger partial charge in [-0.05, 0) is 31.0 Å². The summed E-state index contributed by atoms with van der Waals surface area (Å²) in [5.41, 5.74) is 1.72. The van der Waals surface area contributed by atoms with Gasteiger partial charge in [0.15, 0.2) is 0 Å². The number of piperazine rings is 1. The van der Waals surface area contributed by atoms with E-state index in [1.54, 1.807) is 11.8 Å². The Morgan fingerprint density at radius 3 is 2.04 bits per heavy atom. The Bertz CT molecular complexity index is 572. The molecule has 2 rings (SSSR count). The Hall–Kier alpha value is -2.17. The summed E-state index contributed by atoms with van der Waals surface area (Å²) in [4.78, 5) is 38.8. The number of rotatable bonds is 5. The monoisotopic (exact) mass is 316 g/mol. The van der Waals surface area contributed by atoms with Crippen LogP contribution in [-0.2, 0) is 16.0 Å². The van der Waals surface area contributed by atoms with Gasteiger partial charge < -0.3 is 14.6 Å². The smallest absolute Gasteiger partial charge is 0.253 e. The fourth-order valence-electron chi connectivity index (χ4n) is 2.70. The first-order valence-electron chi connectivity index (χ1n) is 8.16. The van der Waals surface area contributed by atoms with Crippen molar-refractivity contribution in [1.82, 2.24) is 9.80 Å². The first-order valence-corrected chi connectivity index (χ1v) is 8.16. The molecule has 124 valence electrons. The first kappa shape index (κ1) is 17.2. The Balaban J connectivity index is 1.91. The second kappa shape index (κ2) is 7.90. The van der Waals surface area contributed by atoms with Gasteiger partial charge in [-0.15, -0.1) is 0 Å². The zero-order valence-electron chi connectivity index (χ0n) is 13.9. The van der Waals surface area contributed by atoms with E-state index in [0.717, 1.165) is 5.56 Å². The lowest BCUT2D eigenvalue weighted by Crippen LogP contribution is -2.50. The highest BCUT2D eigenvalue weighted by Crippen LogP contribution is 2.12. The fourth-order valence-corrected chi connectivity index (χ4v) is 2.70. The number of benzene rings is 1. The predicted molar refractivity (Wildman–Crippen MR) is 88.2 cm³/mol. The van der Waals surface area contributed by atoms with Crippen molar-refractivity contribution in [2.75, 3.05) is 26.2 Å². The van der Waals surface area contributed by atoms with E-state index in [9.17, 15) is 14.4 Å². The van der Waals surface area contributed by atoms with E-state index >= 15 is 0 Å². The molecule has 0 N–H and O–H groups in total. The minimum Gasteiger partial charge on any atom is -0.339 e. The van der Waals surface area contributed by atoms with Crippen LogP contribution >= 0.6 is 0 Å². The average Bonchev–Trinajstić information content (AvgIpc) is 2.59. The third-order valence-electron chi connectivity index (χ3n) is 4.19. The van der Waals surface area contributed by atoms with Crippen LogP contribution in [0.3, 0.4) is 0 Å². The van der Waals surface area contributed by atoms with Gasteiger partial charge >= 0.3 is 0 Å². The van der Waals surface area contributed by atoms with Gasteiger partial charge in [0, 0.05) is 44.6 Å². The highest BCUT2D eigenvalue weighted by atomic mass is 16.2. The van der Waals surface area contributed by atoms with Gasteiger partial charge in [0.2, 0.25) is 5.91 Å². The van der Waals surface area contributed by atoms with E-state index in [4.69, 9.17) is 0 Å². The predicted octanol–water partition coefficient (Wildman–Crippen LogP) is 1.90. The summed E-state index contributed by atoms with van der Waals surface area (Å²) in [5, 5.41) is 0. The van der Waals surface area contributed by atoms with Gasteiger partial charge in [-0.2, -0.15) is 0 Å². The average molecular weight is 316 g/mol. The molecule has 0 saturated carbocycles. The van der Waals surface area contributed by atoms with Crippen molar-refractivity contribution in [3.8, 4) is 0 Å². The Kier molecular flexibility index (Phi) is 5.90. The molecule has 0 spiro atoms. The summed E-state index contributed by atoms with van der Waals surface area (Å²) < 4.78 is 0. The summed E-state index contributed by atoms with van der Waals surface area (Å²) in [6, 6.07) is 7.46. The summed E-state index contributed by atoms with van der Waals surface area (Å²) in [6.07, 6.45) is 1.75. The molecule has 1 aliphatic rings. The zero-order chi connectivity index (χ0) is 16.8. The van der Waals surface area contributed by atoms with Gasteiger partial charge in [-0.1, -0.05) is 19.1 Å². The van der Waals surface area contributed by atoms with Crippen molar-refractivity contribution < 1.29 is 14.4 Å². The number of amides is 2. The summed E-state index contributed by atoms with van der Waals surface area (Å²) in [7, 11) is 0. The molecule has 0 radical (unpaired) electrons. The second-order valence-corrected chi connectivity index (χ2v) is 5.93. The van der Waals surface area contributed by atoms with E-state index in [2.05, 4.69) is 0 Å². The van der Waals surface area contributed by atoms with E-state index < -0.39 is 0 Å². The van der Waals surface area contributed by atoms with Crippen molar-refractivity contribution in [1.29, 1.82) is 0 Å². The molecule has 0 bridgehead atoms. The minimum absolute atomic E-state index is 0.00622. The van der Waals surface area contributed by atoms with Crippen molar-refractivity contribution in [3.05, 3.63) is 35.4 Å². The number of ketones is 1. The molecule has 1 heterocycles. The van der Waals surface area contributed by atoms with Crippen LogP contribution in [0, 0.1) is 0 Å².